The Hall–Kier alpha value is -1.74. The Balaban J connectivity index is 0.00000280. The number of rotatable bonds is 7. The summed E-state index contributed by atoms with van der Waals surface area (Å²) < 4.78 is 4.24. The molecule has 0 aliphatic carbocycles. The number of benzene rings is 1. The summed E-state index contributed by atoms with van der Waals surface area (Å²) in [5.74, 6) is 0.908. The zero-order valence-electron chi connectivity index (χ0n) is 16.6. The third kappa shape index (κ3) is 5.64. The fourth-order valence-corrected chi connectivity index (χ4v) is 3.40. The van der Waals surface area contributed by atoms with Crippen LogP contribution in [0.1, 0.15) is 19.0 Å². The first-order chi connectivity index (χ1) is 13.1. The van der Waals surface area contributed by atoms with Gasteiger partial charge in [-0.3, -0.25) is 4.99 Å². The molecule has 1 aromatic carbocycles. The molecule has 6 nitrogen and oxygen atoms in total. The van der Waals surface area contributed by atoms with Crippen LogP contribution in [0.5, 0.6) is 0 Å². The highest BCUT2D eigenvalue weighted by Crippen LogP contribution is 2.14. The van der Waals surface area contributed by atoms with E-state index in [1.54, 1.807) is 0 Å². The van der Waals surface area contributed by atoms with Gasteiger partial charge in [0.1, 0.15) is 0 Å². The third-order valence-corrected chi connectivity index (χ3v) is 4.72. The Morgan fingerprint density at radius 3 is 2.82 bits per heavy atom. The highest BCUT2D eigenvalue weighted by molar-refractivity contribution is 14.0. The largest absolute Gasteiger partial charge is 0.357 e. The van der Waals surface area contributed by atoms with Gasteiger partial charge in [0, 0.05) is 45.6 Å². The van der Waals surface area contributed by atoms with E-state index in [4.69, 9.17) is 16.6 Å². The second kappa shape index (κ2) is 10.7. The summed E-state index contributed by atoms with van der Waals surface area (Å²) in [7, 11) is 4.06. The quantitative estimate of drug-likeness (QED) is 0.223. The van der Waals surface area contributed by atoms with Crippen molar-refractivity contribution in [3.8, 4) is 0 Å². The minimum absolute atomic E-state index is 0. The average Bonchev–Trinajstić information content (AvgIpc) is 3.20. The molecule has 0 amide bonds. The summed E-state index contributed by atoms with van der Waals surface area (Å²) in [6, 6.07) is 10.2. The number of aliphatic imine (C=N–C) groups is 1. The highest BCUT2D eigenvalue weighted by atomic mass is 127. The van der Waals surface area contributed by atoms with Crippen LogP contribution in [0.25, 0.3) is 11.0 Å². The molecule has 0 atom stereocenters. The predicted octanol–water partition coefficient (Wildman–Crippen LogP) is 4.13. The fraction of sp³-hybridized carbons (Fsp3) is 0.400. The minimum Gasteiger partial charge on any atom is -0.357 e. The molecule has 1 N–H and O–H groups in total. The molecule has 28 heavy (non-hydrogen) atoms. The monoisotopic (exact) mass is 514 g/mol. The Labute approximate surface area is 188 Å². The first kappa shape index (κ1) is 22.5. The number of imidazole rings is 1. The summed E-state index contributed by atoms with van der Waals surface area (Å²) in [5, 5.41) is 4.13. The molecule has 8 heteroatoms. The van der Waals surface area contributed by atoms with Gasteiger partial charge in [-0.25, -0.2) is 4.98 Å². The zero-order valence-corrected chi connectivity index (χ0v) is 19.7. The number of halogens is 2. The lowest BCUT2D eigenvalue weighted by Crippen LogP contribution is -2.38. The number of fused-ring (bicyclic) bond motifs is 1. The van der Waals surface area contributed by atoms with E-state index in [-0.39, 0.29) is 24.0 Å². The third-order valence-electron chi connectivity index (χ3n) is 4.52. The molecule has 0 aliphatic rings. The van der Waals surface area contributed by atoms with E-state index in [1.165, 1.54) is 5.52 Å². The van der Waals surface area contributed by atoms with Crippen LogP contribution in [0, 0.1) is 0 Å². The molecule has 0 saturated carbocycles. The Morgan fingerprint density at radius 1 is 1.32 bits per heavy atom. The van der Waals surface area contributed by atoms with Crippen LogP contribution in [0.3, 0.4) is 0 Å². The lowest BCUT2D eigenvalue weighted by atomic mass is 10.3. The molecule has 0 unspecified atom stereocenters. The second-order valence-electron chi connectivity index (χ2n) is 6.63. The van der Waals surface area contributed by atoms with Crippen LogP contribution in [-0.2, 0) is 20.1 Å². The van der Waals surface area contributed by atoms with Crippen molar-refractivity contribution in [3.63, 3.8) is 0 Å². The molecule has 0 radical (unpaired) electrons. The summed E-state index contributed by atoms with van der Waals surface area (Å²) in [6.45, 7) is 5.33. The van der Waals surface area contributed by atoms with Crippen molar-refractivity contribution in [1.29, 1.82) is 0 Å². The standard InChI is InChI=1S/C20H27ClN6.HI/c1-4-22-20(26(3)14-17-12-16(21)13-25(17)2)23-10-7-11-27-15-24-18-8-5-6-9-19(18)27;/h5-6,8-9,12-13,15H,4,7,10-11,14H2,1-3H3,(H,22,23);1H. The van der Waals surface area contributed by atoms with Crippen LogP contribution in [0.2, 0.25) is 5.02 Å². The summed E-state index contributed by atoms with van der Waals surface area (Å²) in [4.78, 5) is 11.3. The van der Waals surface area contributed by atoms with Crippen molar-refractivity contribution in [3.05, 3.63) is 53.6 Å². The van der Waals surface area contributed by atoms with E-state index < -0.39 is 0 Å². The lowest BCUT2D eigenvalue weighted by Gasteiger charge is -2.22. The van der Waals surface area contributed by atoms with E-state index >= 15 is 0 Å². The number of nitrogens with one attached hydrogen (secondary N) is 1. The van der Waals surface area contributed by atoms with Crippen molar-refractivity contribution < 1.29 is 0 Å². The number of aryl methyl sites for hydroxylation is 2. The van der Waals surface area contributed by atoms with Gasteiger partial charge in [0.15, 0.2) is 5.96 Å². The maximum absolute atomic E-state index is 6.09. The lowest BCUT2D eigenvalue weighted by molar-refractivity contribution is 0.461. The van der Waals surface area contributed by atoms with E-state index in [9.17, 15) is 0 Å². The molecule has 0 bridgehead atoms. The molecule has 0 saturated heterocycles. The van der Waals surface area contributed by atoms with Gasteiger partial charge >= 0.3 is 0 Å². The highest BCUT2D eigenvalue weighted by Gasteiger charge is 2.09. The molecule has 2 aromatic heterocycles. The number of aromatic nitrogens is 3. The molecular formula is C20H28ClIN6. The summed E-state index contributed by atoms with van der Waals surface area (Å²) in [5.41, 5.74) is 3.36. The van der Waals surface area contributed by atoms with Crippen LogP contribution in [0.15, 0.2) is 47.8 Å². The molecule has 3 aromatic rings. The van der Waals surface area contributed by atoms with Crippen LogP contribution < -0.4 is 5.32 Å². The van der Waals surface area contributed by atoms with Gasteiger partial charge < -0.3 is 19.4 Å². The van der Waals surface area contributed by atoms with Gasteiger partial charge in [0.05, 0.1) is 28.9 Å². The first-order valence-corrected chi connectivity index (χ1v) is 9.66. The molecule has 2 heterocycles. The van der Waals surface area contributed by atoms with Crippen LogP contribution >= 0.6 is 35.6 Å². The predicted molar refractivity (Wildman–Crippen MR) is 128 cm³/mol. The SMILES string of the molecule is CCNC(=NCCCn1cnc2ccccc21)N(C)Cc1cc(Cl)cn1C.I. The van der Waals surface area contributed by atoms with E-state index in [2.05, 4.69) is 32.8 Å². The topological polar surface area (TPSA) is 50.4 Å². The maximum atomic E-state index is 6.09. The fourth-order valence-electron chi connectivity index (χ4n) is 3.13. The second-order valence-corrected chi connectivity index (χ2v) is 7.07. The van der Waals surface area contributed by atoms with Crippen molar-refractivity contribution in [1.82, 2.24) is 24.3 Å². The van der Waals surface area contributed by atoms with Gasteiger partial charge in [0.25, 0.3) is 0 Å². The molecule has 3 rings (SSSR count). The Bertz CT molecular complexity index is 916. The number of hydrogen-bond donors (Lipinski definition) is 1. The molecular weight excluding hydrogens is 487 g/mol. The number of nitrogens with zero attached hydrogens (tertiary/aromatic N) is 5. The van der Waals surface area contributed by atoms with E-state index in [0.29, 0.717) is 0 Å². The van der Waals surface area contributed by atoms with Crippen molar-refractivity contribution in [2.45, 2.75) is 26.4 Å². The molecule has 0 fully saturated rings. The van der Waals surface area contributed by atoms with Crippen molar-refractivity contribution >= 4 is 52.6 Å². The Kier molecular flexibility index (Phi) is 8.62. The van der Waals surface area contributed by atoms with Crippen LogP contribution in [0.4, 0.5) is 0 Å². The molecule has 152 valence electrons. The van der Waals surface area contributed by atoms with E-state index in [1.807, 2.05) is 55.5 Å². The summed E-state index contributed by atoms with van der Waals surface area (Å²) in [6.07, 6.45) is 4.79. The van der Waals surface area contributed by atoms with Gasteiger partial charge in [-0.1, -0.05) is 23.7 Å². The smallest absolute Gasteiger partial charge is 0.194 e. The Morgan fingerprint density at radius 2 is 2.11 bits per heavy atom. The number of hydrogen-bond acceptors (Lipinski definition) is 2. The van der Waals surface area contributed by atoms with Gasteiger partial charge in [0.2, 0.25) is 0 Å². The normalized spacial score (nSPS) is 11.5. The van der Waals surface area contributed by atoms with Crippen molar-refractivity contribution in [2.24, 2.45) is 12.0 Å². The zero-order chi connectivity index (χ0) is 19.2. The van der Waals surface area contributed by atoms with Gasteiger partial charge in [-0.2, -0.15) is 0 Å². The number of para-hydroxylation sites is 2. The first-order valence-electron chi connectivity index (χ1n) is 9.28. The molecule has 0 aliphatic heterocycles. The van der Waals surface area contributed by atoms with Crippen LogP contribution in [-0.4, -0.2) is 45.1 Å². The molecule has 0 spiro atoms. The van der Waals surface area contributed by atoms with Gasteiger partial charge in [-0.05, 0) is 31.5 Å². The van der Waals surface area contributed by atoms with Crippen molar-refractivity contribution in [2.75, 3.05) is 20.1 Å². The summed E-state index contributed by atoms with van der Waals surface area (Å²) >= 11 is 6.09. The number of guanidine groups is 1. The minimum atomic E-state index is 0. The average molecular weight is 515 g/mol. The maximum Gasteiger partial charge on any atom is 0.194 e. The van der Waals surface area contributed by atoms with Gasteiger partial charge in [-0.15, -0.1) is 24.0 Å². The van der Waals surface area contributed by atoms with E-state index in [0.717, 1.165) is 54.8 Å².